The Morgan fingerprint density at radius 3 is 3.00 bits per heavy atom. The summed E-state index contributed by atoms with van der Waals surface area (Å²) in [5, 5.41) is 5.39. The normalized spacial score (nSPS) is 29.6. The molecule has 1 aliphatic heterocycles. The molecular formula is C12H19N3OS. The van der Waals surface area contributed by atoms with E-state index in [1.807, 2.05) is 18.5 Å². The Bertz CT molecular complexity index is 380. The number of rotatable bonds is 4. The lowest BCUT2D eigenvalue weighted by Gasteiger charge is -2.26. The highest BCUT2D eigenvalue weighted by molar-refractivity contribution is 7.09. The first-order valence-corrected chi connectivity index (χ1v) is 6.69. The lowest BCUT2D eigenvalue weighted by Crippen LogP contribution is -2.56. The van der Waals surface area contributed by atoms with Crippen LogP contribution in [-0.4, -0.2) is 36.0 Å². The van der Waals surface area contributed by atoms with Crippen LogP contribution in [0.3, 0.4) is 0 Å². The van der Waals surface area contributed by atoms with E-state index in [9.17, 15) is 4.79 Å². The number of primary amides is 1. The van der Waals surface area contributed by atoms with Crippen molar-refractivity contribution in [3.8, 4) is 0 Å². The minimum atomic E-state index is -0.571. The number of nitrogens with one attached hydrogen (secondary N) is 1. The van der Waals surface area contributed by atoms with Gasteiger partial charge in [0.2, 0.25) is 5.91 Å². The van der Waals surface area contributed by atoms with Crippen LogP contribution in [0.15, 0.2) is 17.5 Å². The highest BCUT2D eigenvalue weighted by Crippen LogP contribution is 2.26. The van der Waals surface area contributed by atoms with Crippen molar-refractivity contribution in [2.45, 2.75) is 31.5 Å². The molecular weight excluding hydrogens is 234 g/mol. The summed E-state index contributed by atoms with van der Waals surface area (Å²) in [4.78, 5) is 15.1. The standard InChI is InChI=1S/C12H19N3OS/c1-9-6-12(11(13)16,8-15(9)2)14-7-10-4-3-5-17-10/h3-5,9,14H,6-8H2,1-2H3,(H2,13,16). The summed E-state index contributed by atoms with van der Waals surface area (Å²) in [6.45, 7) is 3.52. The number of hydrogen-bond donors (Lipinski definition) is 2. The molecule has 1 fully saturated rings. The fourth-order valence-electron chi connectivity index (χ4n) is 2.37. The van der Waals surface area contributed by atoms with Crippen molar-refractivity contribution < 1.29 is 4.79 Å². The topological polar surface area (TPSA) is 58.4 Å². The second kappa shape index (κ2) is 4.76. The molecule has 1 aromatic rings. The molecule has 2 rings (SSSR count). The van der Waals surface area contributed by atoms with Crippen molar-refractivity contribution in [3.63, 3.8) is 0 Å². The van der Waals surface area contributed by atoms with Gasteiger partial charge in [-0.3, -0.25) is 10.1 Å². The van der Waals surface area contributed by atoms with Crippen LogP contribution in [0, 0.1) is 0 Å². The fraction of sp³-hybridized carbons (Fsp3) is 0.583. The molecule has 0 radical (unpaired) electrons. The Hall–Kier alpha value is -0.910. The smallest absolute Gasteiger partial charge is 0.239 e. The third kappa shape index (κ3) is 2.51. The zero-order chi connectivity index (χ0) is 12.5. The second-order valence-corrected chi connectivity index (χ2v) is 5.88. The Kier molecular flexibility index (Phi) is 3.51. The Morgan fingerprint density at radius 2 is 2.53 bits per heavy atom. The first kappa shape index (κ1) is 12.5. The van der Waals surface area contributed by atoms with Crippen molar-refractivity contribution in [2.24, 2.45) is 5.73 Å². The summed E-state index contributed by atoms with van der Waals surface area (Å²) >= 11 is 1.69. The summed E-state index contributed by atoms with van der Waals surface area (Å²) < 4.78 is 0. The van der Waals surface area contributed by atoms with Gasteiger partial charge in [-0.2, -0.15) is 0 Å². The highest BCUT2D eigenvalue weighted by atomic mass is 32.1. The van der Waals surface area contributed by atoms with Crippen molar-refractivity contribution >= 4 is 17.2 Å². The zero-order valence-electron chi connectivity index (χ0n) is 10.3. The molecule has 2 atom stereocenters. The lowest BCUT2D eigenvalue weighted by atomic mass is 9.95. The molecule has 2 heterocycles. The molecule has 2 unspecified atom stereocenters. The summed E-state index contributed by atoms with van der Waals surface area (Å²) in [6.07, 6.45) is 0.782. The number of carbonyl (C=O) groups is 1. The third-order valence-corrected chi connectivity index (χ3v) is 4.44. The molecule has 94 valence electrons. The number of hydrogen-bond acceptors (Lipinski definition) is 4. The predicted molar refractivity (Wildman–Crippen MR) is 69.8 cm³/mol. The SMILES string of the molecule is CC1CC(NCc2cccs2)(C(N)=O)CN1C. The highest BCUT2D eigenvalue weighted by Gasteiger charge is 2.45. The molecule has 1 saturated heterocycles. The zero-order valence-corrected chi connectivity index (χ0v) is 11.1. The van der Waals surface area contributed by atoms with Gasteiger partial charge in [-0.1, -0.05) is 6.07 Å². The van der Waals surface area contributed by atoms with Gasteiger partial charge in [0.05, 0.1) is 0 Å². The van der Waals surface area contributed by atoms with E-state index in [0.29, 0.717) is 19.1 Å². The van der Waals surface area contributed by atoms with Gasteiger partial charge in [0.25, 0.3) is 0 Å². The molecule has 1 aliphatic rings. The summed E-state index contributed by atoms with van der Waals surface area (Å²) in [6, 6.07) is 4.47. The van der Waals surface area contributed by atoms with Crippen LogP contribution in [0.25, 0.3) is 0 Å². The van der Waals surface area contributed by atoms with Crippen LogP contribution in [-0.2, 0) is 11.3 Å². The van der Waals surface area contributed by atoms with E-state index in [1.54, 1.807) is 11.3 Å². The molecule has 5 heteroatoms. The number of nitrogens with two attached hydrogens (primary N) is 1. The molecule has 0 aromatic carbocycles. The van der Waals surface area contributed by atoms with Crippen LogP contribution < -0.4 is 11.1 Å². The number of likely N-dealkylation sites (tertiary alicyclic amines) is 1. The van der Waals surface area contributed by atoms with Crippen molar-refractivity contribution in [3.05, 3.63) is 22.4 Å². The number of nitrogens with zero attached hydrogens (tertiary/aromatic N) is 1. The van der Waals surface area contributed by atoms with Gasteiger partial charge in [-0.25, -0.2) is 0 Å². The van der Waals surface area contributed by atoms with Crippen molar-refractivity contribution in [1.82, 2.24) is 10.2 Å². The Labute approximate surface area is 106 Å². The summed E-state index contributed by atoms with van der Waals surface area (Å²) in [5.41, 5.74) is 5.00. The van der Waals surface area contributed by atoms with Gasteiger partial charge in [-0.05, 0) is 31.8 Å². The predicted octanol–water partition coefficient (Wildman–Crippen LogP) is 0.786. The second-order valence-electron chi connectivity index (χ2n) is 4.85. The van der Waals surface area contributed by atoms with Crippen LogP contribution in [0.2, 0.25) is 0 Å². The van der Waals surface area contributed by atoms with Gasteiger partial charge in [0.1, 0.15) is 5.54 Å². The summed E-state index contributed by atoms with van der Waals surface area (Å²) in [7, 11) is 2.03. The van der Waals surface area contributed by atoms with Crippen molar-refractivity contribution in [1.29, 1.82) is 0 Å². The molecule has 0 spiro atoms. The number of likely N-dealkylation sites (N-methyl/N-ethyl adjacent to an activating group) is 1. The van der Waals surface area contributed by atoms with E-state index in [-0.39, 0.29) is 5.91 Å². The quantitative estimate of drug-likeness (QED) is 0.834. The Morgan fingerprint density at radius 1 is 1.76 bits per heavy atom. The van der Waals surface area contributed by atoms with E-state index < -0.39 is 5.54 Å². The van der Waals surface area contributed by atoms with Crippen molar-refractivity contribution in [2.75, 3.05) is 13.6 Å². The average Bonchev–Trinajstić information content (AvgIpc) is 2.86. The van der Waals surface area contributed by atoms with Gasteiger partial charge < -0.3 is 10.6 Å². The van der Waals surface area contributed by atoms with Crippen LogP contribution in [0.5, 0.6) is 0 Å². The fourth-order valence-corrected chi connectivity index (χ4v) is 3.01. The first-order chi connectivity index (χ1) is 8.03. The number of thiophene rings is 1. The molecule has 3 N–H and O–H groups in total. The average molecular weight is 253 g/mol. The van der Waals surface area contributed by atoms with E-state index in [1.165, 1.54) is 4.88 Å². The maximum absolute atomic E-state index is 11.7. The largest absolute Gasteiger partial charge is 0.368 e. The monoisotopic (exact) mass is 253 g/mol. The number of amides is 1. The third-order valence-electron chi connectivity index (χ3n) is 3.57. The molecule has 1 amide bonds. The molecule has 1 aromatic heterocycles. The first-order valence-electron chi connectivity index (χ1n) is 5.81. The van der Waals surface area contributed by atoms with E-state index in [2.05, 4.69) is 23.2 Å². The molecule has 0 bridgehead atoms. The molecule has 17 heavy (non-hydrogen) atoms. The van der Waals surface area contributed by atoms with Gasteiger partial charge >= 0.3 is 0 Å². The number of carbonyl (C=O) groups excluding carboxylic acids is 1. The van der Waals surface area contributed by atoms with Crippen LogP contribution in [0.4, 0.5) is 0 Å². The van der Waals surface area contributed by atoms with Crippen LogP contribution in [0.1, 0.15) is 18.2 Å². The molecule has 0 saturated carbocycles. The van der Waals surface area contributed by atoms with Crippen LogP contribution >= 0.6 is 11.3 Å². The molecule has 4 nitrogen and oxygen atoms in total. The van der Waals surface area contributed by atoms with E-state index in [4.69, 9.17) is 5.73 Å². The van der Waals surface area contributed by atoms with Gasteiger partial charge in [-0.15, -0.1) is 11.3 Å². The minimum Gasteiger partial charge on any atom is -0.368 e. The maximum Gasteiger partial charge on any atom is 0.239 e. The minimum absolute atomic E-state index is 0.245. The Balaban J connectivity index is 2.06. The van der Waals surface area contributed by atoms with E-state index in [0.717, 1.165) is 6.42 Å². The van der Waals surface area contributed by atoms with Gasteiger partial charge in [0.15, 0.2) is 0 Å². The van der Waals surface area contributed by atoms with Gasteiger partial charge in [0, 0.05) is 24.0 Å². The molecule has 0 aliphatic carbocycles. The maximum atomic E-state index is 11.7. The van der Waals surface area contributed by atoms with E-state index >= 15 is 0 Å². The summed E-state index contributed by atoms with van der Waals surface area (Å²) in [5.74, 6) is -0.245. The lowest BCUT2D eigenvalue weighted by molar-refractivity contribution is -0.124.